The van der Waals surface area contributed by atoms with Gasteiger partial charge in [0.25, 0.3) is 0 Å². The van der Waals surface area contributed by atoms with E-state index in [0.717, 1.165) is 32.1 Å². The van der Waals surface area contributed by atoms with E-state index in [1.165, 1.54) is 0 Å². The number of esters is 1. The molecular weight excluding hydrogens is 716 g/mol. The fourth-order valence-electron chi connectivity index (χ4n) is 12.4. The summed E-state index contributed by atoms with van der Waals surface area (Å²) >= 11 is 0. The lowest BCUT2D eigenvalue weighted by Crippen LogP contribution is -2.67. The Balaban J connectivity index is 0.849. The summed E-state index contributed by atoms with van der Waals surface area (Å²) in [6, 6.07) is -0.511. The van der Waals surface area contributed by atoms with Crippen molar-refractivity contribution in [3.05, 3.63) is 11.8 Å². The molecule has 0 radical (unpaired) electrons. The van der Waals surface area contributed by atoms with E-state index < -0.39 is 115 Å². The van der Waals surface area contributed by atoms with Crippen molar-refractivity contribution >= 4 is 5.97 Å². The highest BCUT2D eigenvalue weighted by Gasteiger charge is 2.71. The fraction of sp³-hybridized carbons (Fsp3) is 0.927. The number of allylic oxidation sites excluding steroid dienone is 1. The number of rotatable bonds is 7. The average Bonchev–Trinajstić information content (AvgIpc) is 3.54. The molecule has 0 aromatic rings. The molecule has 0 aromatic carbocycles. The maximum Gasteiger partial charge on any atom is 0.314 e. The normalized spacial score (nSPS) is 57.4. The van der Waals surface area contributed by atoms with Gasteiger partial charge in [-0.2, -0.15) is 0 Å². The SMILES string of the molecule is [2H]C1=C([C@H]2CC[C@]3(O)[C@@H]4CC[C@@H]5C[C@@H](OC6CC(O)C(OC7CC(O)C(OC8CC(O)C(O)C(C)O8)C(C)O7)C(C)O6)CC[C@]5(C)[C@H]4C[C@@H](O)[C@]23C)OC(=O)C1([2H])[2H]. The molecule has 0 amide bonds. The van der Waals surface area contributed by atoms with E-state index >= 15 is 0 Å². The Morgan fingerprint density at radius 3 is 1.93 bits per heavy atom. The predicted octanol–water partition coefficient (Wildman–Crippen LogP) is 2.57. The van der Waals surface area contributed by atoms with Crippen LogP contribution in [0.1, 0.15) is 116 Å². The monoisotopic (exact) mass is 783 g/mol. The van der Waals surface area contributed by atoms with Crippen LogP contribution in [0.25, 0.3) is 0 Å². The summed E-state index contributed by atoms with van der Waals surface area (Å²) in [7, 11) is 0. The first-order chi connectivity index (χ1) is 27.2. The van der Waals surface area contributed by atoms with Crippen molar-refractivity contribution in [1.29, 1.82) is 0 Å². The number of hydrogen-bond acceptors (Lipinski definition) is 14. The third-order valence-electron chi connectivity index (χ3n) is 15.6. The molecule has 0 spiro atoms. The van der Waals surface area contributed by atoms with Crippen LogP contribution in [0, 0.1) is 34.5 Å². The van der Waals surface area contributed by atoms with Crippen molar-refractivity contribution in [3.8, 4) is 0 Å². The van der Waals surface area contributed by atoms with Gasteiger partial charge in [-0.05, 0) is 101 Å². The Labute approximate surface area is 328 Å². The van der Waals surface area contributed by atoms with Gasteiger partial charge in [0.05, 0.1) is 62.2 Å². The molecule has 6 N–H and O–H groups in total. The summed E-state index contributed by atoms with van der Waals surface area (Å²) in [5.41, 5.74) is -2.55. The molecule has 4 heterocycles. The highest BCUT2D eigenvalue weighted by atomic mass is 16.7. The van der Waals surface area contributed by atoms with Crippen LogP contribution in [0.4, 0.5) is 0 Å². The van der Waals surface area contributed by atoms with Crippen LogP contribution < -0.4 is 0 Å². The molecule has 0 aromatic heterocycles. The summed E-state index contributed by atoms with van der Waals surface area (Å²) < 4.78 is 66.7. The Hall–Kier alpha value is -1.27. The van der Waals surface area contributed by atoms with Gasteiger partial charge in [0.1, 0.15) is 24.1 Å². The molecule has 55 heavy (non-hydrogen) atoms. The van der Waals surface area contributed by atoms with Crippen LogP contribution in [0.2, 0.25) is 0 Å². The topological polar surface area (TPSA) is 203 Å². The second-order valence-electron chi connectivity index (χ2n) is 18.5. The van der Waals surface area contributed by atoms with Crippen LogP contribution in [0.15, 0.2) is 11.8 Å². The van der Waals surface area contributed by atoms with E-state index in [9.17, 15) is 35.4 Å². The molecule has 7 fully saturated rings. The summed E-state index contributed by atoms with van der Waals surface area (Å²) in [5, 5.41) is 67.0. The molecule has 3 saturated heterocycles. The minimum absolute atomic E-state index is 0.0306. The van der Waals surface area contributed by atoms with Gasteiger partial charge in [0.2, 0.25) is 0 Å². The van der Waals surface area contributed by atoms with Gasteiger partial charge in [0, 0.05) is 33.3 Å². The quantitative estimate of drug-likeness (QED) is 0.163. The van der Waals surface area contributed by atoms with Gasteiger partial charge in [-0.1, -0.05) is 13.8 Å². The predicted molar refractivity (Wildman–Crippen MR) is 192 cm³/mol. The van der Waals surface area contributed by atoms with Gasteiger partial charge >= 0.3 is 5.97 Å². The summed E-state index contributed by atoms with van der Waals surface area (Å²) in [6.45, 7) is 9.30. The number of ether oxygens (including phenoxy) is 7. The smallest absolute Gasteiger partial charge is 0.314 e. The standard InChI is InChI=1S/C41H64O14/c1-19-36(47)27(42)16-34(49-19)54-38-21(3)51-35(18-29(38)44)55-37-20(2)50-33(17-28(37)43)52-23-10-12-39(4)22(14-23)6-7-24-26(39)15-31(45)40(5)25(11-13-41(24,40)48)30-8-9-32(46)53-30/h8,19-29,31,33-38,42-45,47-48H,6-7,9-18H2,1-5H3/t19?,20?,21?,22-,23+,24-,25-,26+,27?,28?,29?,31-,33?,34?,35?,36?,37?,38?,39+,40+,41+/m1/s1/i8D,9D2. The first kappa shape index (κ1) is 36.8. The van der Waals surface area contributed by atoms with Gasteiger partial charge in [-0.15, -0.1) is 0 Å². The zero-order chi connectivity index (χ0) is 41.9. The molecule has 312 valence electrons. The Morgan fingerprint density at radius 2 is 1.35 bits per heavy atom. The molecule has 12 unspecified atom stereocenters. The lowest BCUT2D eigenvalue weighted by atomic mass is 9.42. The molecule has 0 bridgehead atoms. The third-order valence-corrected chi connectivity index (χ3v) is 15.6. The van der Waals surface area contributed by atoms with Crippen molar-refractivity contribution in [3.63, 3.8) is 0 Å². The number of carbonyl (C=O) groups is 1. The summed E-state index contributed by atoms with van der Waals surface area (Å²) in [5.74, 6) is -1.62. The van der Waals surface area contributed by atoms with E-state index in [1.807, 2.05) is 13.8 Å². The zero-order valence-electron chi connectivity index (χ0n) is 35.6. The number of carbonyl (C=O) groups excluding carboxylic acids is 1. The molecule has 4 aliphatic carbocycles. The molecule has 4 saturated carbocycles. The second-order valence-corrected chi connectivity index (χ2v) is 18.5. The van der Waals surface area contributed by atoms with Gasteiger partial charge in [-0.3, -0.25) is 4.79 Å². The molecular formula is C41H64O14. The van der Waals surface area contributed by atoms with Crippen LogP contribution >= 0.6 is 0 Å². The van der Waals surface area contributed by atoms with E-state index in [1.54, 1.807) is 13.8 Å². The first-order valence-corrected chi connectivity index (χ1v) is 20.7. The zero-order valence-corrected chi connectivity index (χ0v) is 32.6. The van der Waals surface area contributed by atoms with Gasteiger partial charge in [-0.25, -0.2) is 0 Å². The number of aliphatic hydroxyl groups excluding tert-OH is 5. The largest absolute Gasteiger partial charge is 0.431 e. The van der Waals surface area contributed by atoms with E-state index in [4.69, 9.17) is 37.3 Å². The van der Waals surface area contributed by atoms with Crippen molar-refractivity contribution in [2.75, 3.05) is 0 Å². The van der Waals surface area contributed by atoms with Crippen LogP contribution in [-0.4, -0.2) is 128 Å². The van der Waals surface area contributed by atoms with Gasteiger partial charge < -0.3 is 63.8 Å². The Bertz CT molecular complexity index is 1550. The lowest BCUT2D eigenvalue weighted by Gasteiger charge is -2.65. The first-order valence-electron chi connectivity index (χ1n) is 22.2. The molecule has 14 nitrogen and oxygen atoms in total. The molecule has 4 aliphatic heterocycles. The molecule has 14 heteroatoms. The number of fused-ring (bicyclic) bond motifs is 5. The van der Waals surface area contributed by atoms with Crippen molar-refractivity contribution in [2.24, 2.45) is 34.5 Å². The lowest BCUT2D eigenvalue weighted by molar-refractivity contribution is -0.336. The minimum atomic E-state index is -2.55. The van der Waals surface area contributed by atoms with Crippen LogP contribution in [0.5, 0.6) is 0 Å². The maximum atomic E-state index is 12.6. The fourth-order valence-corrected chi connectivity index (χ4v) is 12.4. The average molecular weight is 784 g/mol. The molecule has 21 atom stereocenters. The van der Waals surface area contributed by atoms with E-state index in [-0.39, 0.29) is 54.3 Å². The van der Waals surface area contributed by atoms with Crippen molar-refractivity contribution in [2.45, 2.75) is 203 Å². The van der Waals surface area contributed by atoms with Crippen LogP contribution in [-0.2, 0) is 38.0 Å². The van der Waals surface area contributed by atoms with Crippen LogP contribution in [0.3, 0.4) is 0 Å². The summed E-state index contributed by atoms with van der Waals surface area (Å²) in [4.78, 5) is 12.3. The maximum absolute atomic E-state index is 12.6. The number of cyclic esters (lactones) is 1. The van der Waals surface area contributed by atoms with E-state index in [2.05, 4.69) is 6.92 Å². The van der Waals surface area contributed by atoms with Crippen molar-refractivity contribution < 1.29 is 72.7 Å². The number of hydrogen-bond donors (Lipinski definition) is 6. The highest BCUT2D eigenvalue weighted by Crippen LogP contribution is 2.70. The third kappa shape index (κ3) is 6.95. The second kappa shape index (κ2) is 15.1. The molecule has 8 aliphatic rings. The Morgan fingerprint density at radius 1 is 0.745 bits per heavy atom. The highest BCUT2D eigenvalue weighted by molar-refractivity contribution is 5.75. The molecule has 8 rings (SSSR count). The minimum Gasteiger partial charge on any atom is -0.431 e. The van der Waals surface area contributed by atoms with E-state index in [0.29, 0.717) is 19.3 Å². The summed E-state index contributed by atoms with van der Waals surface area (Å²) in [6.07, 6.45) is -7.62. The van der Waals surface area contributed by atoms with Crippen molar-refractivity contribution in [1.82, 2.24) is 0 Å². The Kier molecular flexibility index (Phi) is 10.1. The van der Waals surface area contributed by atoms with Gasteiger partial charge in [0.15, 0.2) is 18.9 Å². The number of aliphatic hydroxyl groups is 6.